The third-order valence-corrected chi connectivity index (χ3v) is 4.69. The Labute approximate surface area is 107 Å². The van der Waals surface area contributed by atoms with Gasteiger partial charge in [0.1, 0.15) is 0 Å². The molecule has 0 radical (unpaired) electrons. The molecule has 1 aliphatic heterocycles. The molecule has 16 heavy (non-hydrogen) atoms. The van der Waals surface area contributed by atoms with Gasteiger partial charge in [-0.15, -0.1) is 0 Å². The van der Waals surface area contributed by atoms with E-state index in [1.165, 1.54) is 17.7 Å². The molecule has 1 saturated heterocycles. The van der Waals surface area contributed by atoms with E-state index < -0.39 is 0 Å². The van der Waals surface area contributed by atoms with E-state index in [4.69, 9.17) is 11.6 Å². The molecule has 2 atom stereocenters. The average Bonchev–Trinajstić information content (AvgIpc) is 2.68. The van der Waals surface area contributed by atoms with Gasteiger partial charge in [-0.1, -0.05) is 30.7 Å². The molecule has 2 rings (SSSR count). The van der Waals surface area contributed by atoms with Crippen molar-refractivity contribution < 1.29 is 0 Å². The molecule has 0 spiro atoms. The fraction of sp³-hybridized carbons (Fsp3) is 0.538. The van der Waals surface area contributed by atoms with Gasteiger partial charge in [-0.25, -0.2) is 0 Å². The smallest absolute Gasteiger partial charge is 0.0406 e. The number of benzene rings is 1. The molecule has 1 aromatic rings. The van der Waals surface area contributed by atoms with Crippen LogP contribution < -0.4 is 5.32 Å². The van der Waals surface area contributed by atoms with Crippen molar-refractivity contribution >= 4 is 23.4 Å². The summed E-state index contributed by atoms with van der Waals surface area (Å²) in [5.74, 6) is 1.31. The Hall–Kier alpha value is -0.180. The Morgan fingerprint density at radius 1 is 1.38 bits per heavy atom. The monoisotopic (exact) mass is 255 g/mol. The minimum Gasteiger partial charge on any atom is -0.313 e. The summed E-state index contributed by atoms with van der Waals surface area (Å²) < 4.78 is 0. The van der Waals surface area contributed by atoms with Gasteiger partial charge in [0.25, 0.3) is 0 Å². The molecule has 1 heterocycles. The van der Waals surface area contributed by atoms with Crippen LogP contribution in [-0.2, 0) is 6.42 Å². The van der Waals surface area contributed by atoms with Gasteiger partial charge in [0.15, 0.2) is 0 Å². The van der Waals surface area contributed by atoms with E-state index in [9.17, 15) is 0 Å². The topological polar surface area (TPSA) is 12.0 Å². The van der Waals surface area contributed by atoms with Gasteiger partial charge in [0.05, 0.1) is 0 Å². The standard InChI is InChI=1S/C13H18ClNS/c1-10-13(7-9-16-10)15-8-6-11-2-4-12(14)5-3-11/h2-5,10,13,15H,6-9H2,1H3. The van der Waals surface area contributed by atoms with Crippen LogP contribution in [0.1, 0.15) is 18.9 Å². The van der Waals surface area contributed by atoms with Crippen LogP contribution in [0.25, 0.3) is 0 Å². The molecule has 1 aliphatic rings. The Bertz CT molecular complexity index is 325. The molecule has 2 unspecified atom stereocenters. The highest BCUT2D eigenvalue weighted by Gasteiger charge is 2.22. The van der Waals surface area contributed by atoms with E-state index in [1.54, 1.807) is 0 Å². The number of thioether (sulfide) groups is 1. The lowest BCUT2D eigenvalue weighted by Gasteiger charge is -2.16. The van der Waals surface area contributed by atoms with Crippen LogP contribution in [0, 0.1) is 0 Å². The highest BCUT2D eigenvalue weighted by atomic mass is 35.5. The maximum absolute atomic E-state index is 5.85. The van der Waals surface area contributed by atoms with E-state index in [1.807, 2.05) is 12.1 Å². The molecular weight excluding hydrogens is 238 g/mol. The van der Waals surface area contributed by atoms with Crippen LogP contribution in [0.4, 0.5) is 0 Å². The first-order valence-corrected chi connectivity index (χ1v) is 7.28. The molecule has 1 N–H and O–H groups in total. The fourth-order valence-corrected chi connectivity index (χ4v) is 3.41. The molecule has 3 heteroatoms. The Morgan fingerprint density at radius 3 is 2.75 bits per heavy atom. The molecule has 0 bridgehead atoms. The number of hydrogen-bond acceptors (Lipinski definition) is 2. The highest BCUT2D eigenvalue weighted by Crippen LogP contribution is 2.25. The number of nitrogens with one attached hydrogen (secondary N) is 1. The number of halogens is 1. The zero-order chi connectivity index (χ0) is 11.4. The van der Waals surface area contributed by atoms with Crippen molar-refractivity contribution in [1.82, 2.24) is 5.32 Å². The van der Waals surface area contributed by atoms with E-state index >= 15 is 0 Å². The van der Waals surface area contributed by atoms with Crippen molar-refractivity contribution in [1.29, 1.82) is 0 Å². The van der Waals surface area contributed by atoms with Gasteiger partial charge < -0.3 is 5.32 Å². The summed E-state index contributed by atoms with van der Waals surface area (Å²) >= 11 is 7.92. The summed E-state index contributed by atoms with van der Waals surface area (Å²) in [6.07, 6.45) is 2.40. The molecule has 1 fully saturated rings. The molecule has 0 saturated carbocycles. The normalized spacial score (nSPS) is 24.9. The lowest BCUT2D eigenvalue weighted by atomic mass is 10.1. The summed E-state index contributed by atoms with van der Waals surface area (Å²) in [5.41, 5.74) is 1.36. The molecular formula is C13H18ClNS. The van der Waals surface area contributed by atoms with Crippen LogP contribution in [0.15, 0.2) is 24.3 Å². The van der Waals surface area contributed by atoms with Crippen molar-refractivity contribution in [3.63, 3.8) is 0 Å². The summed E-state index contributed by atoms with van der Waals surface area (Å²) in [6, 6.07) is 8.85. The van der Waals surface area contributed by atoms with E-state index in [0.717, 1.165) is 23.2 Å². The Kier molecular flexibility index (Phi) is 4.56. The SMILES string of the molecule is CC1SCCC1NCCc1ccc(Cl)cc1. The van der Waals surface area contributed by atoms with Crippen molar-refractivity contribution in [3.8, 4) is 0 Å². The highest BCUT2D eigenvalue weighted by molar-refractivity contribution is 8.00. The summed E-state index contributed by atoms with van der Waals surface area (Å²) in [6.45, 7) is 3.38. The number of hydrogen-bond donors (Lipinski definition) is 1. The molecule has 0 aliphatic carbocycles. The second-order valence-corrected chi connectivity index (χ2v) is 6.22. The van der Waals surface area contributed by atoms with Crippen molar-refractivity contribution in [2.24, 2.45) is 0 Å². The maximum atomic E-state index is 5.85. The van der Waals surface area contributed by atoms with Gasteiger partial charge in [-0.05, 0) is 42.8 Å². The zero-order valence-electron chi connectivity index (χ0n) is 9.58. The molecule has 1 nitrogen and oxygen atoms in total. The van der Waals surface area contributed by atoms with Gasteiger partial charge in [-0.2, -0.15) is 11.8 Å². The minimum absolute atomic E-state index is 0.706. The van der Waals surface area contributed by atoms with Crippen LogP contribution >= 0.6 is 23.4 Å². The first-order valence-electron chi connectivity index (χ1n) is 5.85. The second-order valence-electron chi connectivity index (χ2n) is 4.30. The van der Waals surface area contributed by atoms with E-state index in [2.05, 4.69) is 36.1 Å². The van der Waals surface area contributed by atoms with Gasteiger partial charge in [0, 0.05) is 16.3 Å². The van der Waals surface area contributed by atoms with Crippen LogP contribution in [0.2, 0.25) is 5.02 Å². The molecule has 1 aromatic carbocycles. The lowest BCUT2D eigenvalue weighted by molar-refractivity contribution is 0.516. The van der Waals surface area contributed by atoms with Gasteiger partial charge in [-0.3, -0.25) is 0 Å². The van der Waals surface area contributed by atoms with Crippen molar-refractivity contribution in [3.05, 3.63) is 34.9 Å². The summed E-state index contributed by atoms with van der Waals surface area (Å²) in [5, 5.41) is 5.23. The van der Waals surface area contributed by atoms with E-state index in [0.29, 0.717) is 6.04 Å². The second kappa shape index (κ2) is 5.95. The first kappa shape index (κ1) is 12.3. The molecule has 0 aromatic heterocycles. The van der Waals surface area contributed by atoms with Crippen molar-refractivity contribution in [2.45, 2.75) is 31.1 Å². The van der Waals surface area contributed by atoms with Gasteiger partial charge in [0.2, 0.25) is 0 Å². The lowest BCUT2D eigenvalue weighted by Crippen LogP contribution is -2.34. The van der Waals surface area contributed by atoms with Crippen LogP contribution in [-0.4, -0.2) is 23.6 Å². The number of rotatable bonds is 4. The largest absolute Gasteiger partial charge is 0.313 e. The summed E-state index contributed by atoms with van der Waals surface area (Å²) in [7, 11) is 0. The van der Waals surface area contributed by atoms with Crippen LogP contribution in [0.5, 0.6) is 0 Å². The quantitative estimate of drug-likeness (QED) is 0.886. The Balaban J connectivity index is 1.73. The minimum atomic E-state index is 0.706. The summed E-state index contributed by atoms with van der Waals surface area (Å²) in [4.78, 5) is 0. The third kappa shape index (κ3) is 3.41. The average molecular weight is 256 g/mol. The third-order valence-electron chi connectivity index (χ3n) is 3.11. The predicted octanol–water partition coefficient (Wildman–Crippen LogP) is 3.37. The fourth-order valence-electron chi connectivity index (χ4n) is 2.05. The predicted molar refractivity (Wildman–Crippen MR) is 73.5 cm³/mol. The van der Waals surface area contributed by atoms with Crippen LogP contribution in [0.3, 0.4) is 0 Å². The molecule has 88 valence electrons. The Morgan fingerprint density at radius 2 is 2.12 bits per heavy atom. The van der Waals surface area contributed by atoms with E-state index in [-0.39, 0.29) is 0 Å². The zero-order valence-corrected chi connectivity index (χ0v) is 11.2. The van der Waals surface area contributed by atoms with Crippen molar-refractivity contribution in [2.75, 3.05) is 12.3 Å². The molecule has 0 amide bonds. The maximum Gasteiger partial charge on any atom is 0.0406 e. The van der Waals surface area contributed by atoms with Gasteiger partial charge >= 0.3 is 0 Å². The first-order chi connectivity index (χ1) is 7.75.